The third-order valence-electron chi connectivity index (χ3n) is 3.75. The van der Waals surface area contributed by atoms with Gasteiger partial charge in [-0.2, -0.15) is 0 Å². The monoisotopic (exact) mass is 306 g/mol. The Labute approximate surface area is 130 Å². The number of carboxylic acid groups (broad SMARTS) is 1. The second-order valence-electron chi connectivity index (χ2n) is 5.45. The fourth-order valence-corrected chi connectivity index (χ4v) is 2.55. The number of likely N-dealkylation sites (tertiary alicyclic amines) is 1. The molecule has 1 aliphatic rings. The number of carboxylic acids is 1. The summed E-state index contributed by atoms with van der Waals surface area (Å²) in [7, 11) is 0. The Morgan fingerprint density at radius 2 is 2.18 bits per heavy atom. The molecule has 0 spiro atoms. The topological polar surface area (TPSA) is 79.7 Å². The fourth-order valence-electron chi connectivity index (χ4n) is 2.55. The van der Waals surface area contributed by atoms with Crippen LogP contribution in [0.5, 0.6) is 0 Å². The SMILES string of the molecule is CCCOC1CCCN(C(=O)c2ccc(C(=O)O)nc2)CC1. The molecule has 0 aromatic carbocycles. The van der Waals surface area contributed by atoms with Crippen LogP contribution in [0.2, 0.25) is 0 Å². The van der Waals surface area contributed by atoms with E-state index >= 15 is 0 Å². The van der Waals surface area contributed by atoms with Gasteiger partial charge in [-0.1, -0.05) is 6.92 Å². The van der Waals surface area contributed by atoms with Gasteiger partial charge < -0.3 is 14.7 Å². The summed E-state index contributed by atoms with van der Waals surface area (Å²) >= 11 is 0. The number of hydrogen-bond acceptors (Lipinski definition) is 4. The molecule has 6 heteroatoms. The summed E-state index contributed by atoms with van der Waals surface area (Å²) in [5.74, 6) is -1.19. The molecular weight excluding hydrogens is 284 g/mol. The number of hydrogen-bond donors (Lipinski definition) is 1. The smallest absolute Gasteiger partial charge is 0.354 e. The third-order valence-corrected chi connectivity index (χ3v) is 3.75. The van der Waals surface area contributed by atoms with E-state index in [9.17, 15) is 9.59 Å². The van der Waals surface area contributed by atoms with E-state index in [1.54, 1.807) is 4.90 Å². The molecule has 6 nitrogen and oxygen atoms in total. The number of aromatic carboxylic acids is 1. The molecule has 1 aliphatic heterocycles. The van der Waals surface area contributed by atoms with Crippen molar-refractivity contribution in [3.05, 3.63) is 29.6 Å². The molecule has 1 fully saturated rings. The highest BCUT2D eigenvalue weighted by Crippen LogP contribution is 2.16. The van der Waals surface area contributed by atoms with Gasteiger partial charge in [-0.25, -0.2) is 9.78 Å². The van der Waals surface area contributed by atoms with Crippen molar-refractivity contribution in [2.45, 2.75) is 38.7 Å². The largest absolute Gasteiger partial charge is 0.477 e. The summed E-state index contributed by atoms with van der Waals surface area (Å²) in [5, 5.41) is 8.83. The van der Waals surface area contributed by atoms with Crippen molar-refractivity contribution < 1.29 is 19.4 Å². The summed E-state index contributed by atoms with van der Waals surface area (Å²) in [6, 6.07) is 2.88. The Morgan fingerprint density at radius 3 is 2.82 bits per heavy atom. The van der Waals surface area contributed by atoms with Crippen LogP contribution in [0.4, 0.5) is 0 Å². The quantitative estimate of drug-likeness (QED) is 0.902. The number of amides is 1. The standard InChI is InChI=1S/C16H22N2O4/c1-2-10-22-13-4-3-8-18(9-7-13)15(19)12-5-6-14(16(20)21)17-11-12/h5-6,11,13H,2-4,7-10H2,1H3,(H,20,21). The van der Waals surface area contributed by atoms with Crippen LogP contribution in [0.15, 0.2) is 18.3 Å². The molecule has 1 aromatic rings. The first-order chi connectivity index (χ1) is 10.6. The van der Waals surface area contributed by atoms with Crippen molar-refractivity contribution in [1.29, 1.82) is 0 Å². The number of nitrogens with zero attached hydrogens (tertiary/aromatic N) is 2. The molecule has 2 heterocycles. The van der Waals surface area contributed by atoms with Crippen LogP contribution >= 0.6 is 0 Å². The van der Waals surface area contributed by atoms with E-state index in [0.717, 1.165) is 32.3 Å². The first-order valence-corrected chi connectivity index (χ1v) is 7.72. The van der Waals surface area contributed by atoms with Crippen molar-refractivity contribution >= 4 is 11.9 Å². The van der Waals surface area contributed by atoms with Crippen molar-refractivity contribution in [3.8, 4) is 0 Å². The molecular formula is C16H22N2O4. The lowest BCUT2D eigenvalue weighted by Gasteiger charge is -2.20. The Hall–Kier alpha value is -1.95. The van der Waals surface area contributed by atoms with Gasteiger partial charge in [0, 0.05) is 25.9 Å². The second kappa shape index (κ2) is 7.89. The van der Waals surface area contributed by atoms with Crippen LogP contribution in [0.1, 0.15) is 53.5 Å². The number of ether oxygens (including phenoxy) is 1. The zero-order valence-electron chi connectivity index (χ0n) is 12.8. The van der Waals surface area contributed by atoms with Crippen LogP contribution in [0.25, 0.3) is 0 Å². The average molecular weight is 306 g/mol. The van der Waals surface area contributed by atoms with E-state index in [1.165, 1.54) is 18.3 Å². The Kier molecular flexibility index (Phi) is 5.89. The molecule has 0 saturated carbocycles. The van der Waals surface area contributed by atoms with Crippen molar-refractivity contribution in [2.75, 3.05) is 19.7 Å². The van der Waals surface area contributed by atoms with Crippen molar-refractivity contribution in [1.82, 2.24) is 9.88 Å². The number of carbonyl (C=O) groups is 2. The maximum atomic E-state index is 12.5. The lowest BCUT2D eigenvalue weighted by atomic mass is 10.1. The molecule has 22 heavy (non-hydrogen) atoms. The van der Waals surface area contributed by atoms with Crippen molar-refractivity contribution in [2.24, 2.45) is 0 Å². The predicted octanol–water partition coefficient (Wildman–Crippen LogP) is 2.20. The summed E-state index contributed by atoms with van der Waals surface area (Å²) < 4.78 is 5.77. The maximum absolute atomic E-state index is 12.5. The van der Waals surface area contributed by atoms with Crippen LogP contribution in [-0.2, 0) is 4.74 Å². The molecule has 1 atom stereocenters. The van der Waals surface area contributed by atoms with Gasteiger partial charge in [-0.05, 0) is 37.8 Å². The molecule has 0 bridgehead atoms. The second-order valence-corrected chi connectivity index (χ2v) is 5.45. The van der Waals surface area contributed by atoms with Gasteiger partial charge in [0.2, 0.25) is 0 Å². The highest BCUT2D eigenvalue weighted by Gasteiger charge is 2.22. The summed E-state index contributed by atoms with van der Waals surface area (Å²) in [6.45, 7) is 4.21. The highest BCUT2D eigenvalue weighted by molar-refractivity contribution is 5.94. The van der Waals surface area contributed by atoms with Gasteiger partial charge in [-0.15, -0.1) is 0 Å². The maximum Gasteiger partial charge on any atom is 0.354 e. The minimum absolute atomic E-state index is 0.0551. The Balaban J connectivity index is 1.96. The van der Waals surface area contributed by atoms with E-state index in [0.29, 0.717) is 18.7 Å². The Bertz CT molecular complexity index is 515. The molecule has 2 rings (SSSR count). The number of pyridine rings is 1. The highest BCUT2D eigenvalue weighted by atomic mass is 16.5. The minimum atomic E-state index is -1.09. The predicted molar refractivity (Wildman–Crippen MR) is 81.0 cm³/mol. The van der Waals surface area contributed by atoms with E-state index < -0.39 is 5.97 Å². The molecule has 1 saturated heterocycles. The first kappa shape index (κ1) is 16.4. The van der Waals surface area contributed by atoms with Gasteiger partial charge in [-0.3, -0.25) is 4.79 Å². The molecule has 1 N–H and O–H groups in total. The number of carbonyl (C=O) groups excluding carboxylic acids is 1. The van der Waals surface area contributed by atoms with Crippen molar-refractivity contribution in [3.63, 3.8) is 0 Å². The van der Waals surface area contributed by atoms with E-state index in [-0.39, 0.29) is 17.7 Å². The van der Waals surface area contributed by atoms with Gasteiger partial charge in [0.25, 0.3) is 5.91 Å². The van der Waals surface area contributed by atoms with Crippen LogP contribution in [0.3, 0.4) is 0 Å². The molecule has 1 amide bonds. The normalized spacial score (nSPS) is 18.8. The lowest BCUT2D eigenvalue weighted by molar-refractivity contribution is 0.0432. The molecule has 1 unspecified atom stereocenters. The molecule has 0 aliphatic carbocycles. The van der Waals surface area contributed by atoms with Crippen LogP contribution < -0.4 is 0 Å². The third kappa shape index (κ3) is 4.27. The number of rotatable bonds is 5. The molecule has 120 valence electrons. The fraction of sp³-hybridized carbons (Fsp3) is 0.562. The van der Waals surface area contributed by atoms with E-state index in [2.05, 4.69) is 11.9 Å². The van der Waals surface area contributed by atoms with E-state index in [4.69, 9.17) is 9.84 Å². The van der Waals surface area contributed by atoms with Gasteiger partial charge in [0.05, 0.1) is 11.7 Å². The summed E-state index contributed by atoms with van der Waals surface area (Å²) in [4.78, 5) is 28.8. The van der Waals surface area contributed by atoms with E-state index in [1.807, 2.05) is 0 Å². The minimum Gasteiger partial charge on any atom is -0.477 e. The summed E-state index contributed by atoms with van der Waals surface area (Å²) in [6.07, 6.45) is 5.29. The van der Waals surface area contributed by atoms with Gasteiger partial charge in [0.15, 0.2) is 0 Å². The van der Waals surface area contributed by atoms with Crippen LogP contribution in [0, 0.1) is 0 Å². The average Bonchev–Trinajstić information content (AvgIpc) is 2.78. The lowest BCUT2D eigenvalue weighted by Crippen LogP contribution is -2.32. The zero-order valence-corrected chi connectivity index (χ0v) is 12.8. The zero-order chi connectivity index (χ0) is 15.9. The summed E-state index contributed by atoms with van der Waals surface area (Å²) in [5.41, 5.74) is 0.373. The molecule has 0 radical (unpaired) electrons. The molecule has 1 aromatic heterocycles. The number of aromatic nitrogens is 1. The van der Waals surface area contributed by atoms with Gasteiger partial charge >= 0.3 is 5.97 Å². The van der Waals surface area contributed by atoms with Crippen LogP contribution in [-0.4, -0.2) is 52.7 Å². The van der Waals surface area contributed by atoms with Gasteiger partial charge in [0.1, 0.15) is 5.69 Å². The first-order valence-electron chi connectivity index (χ1n) is 7.72. The Morgan fingerprint density at radius 1 is 1.36 bits per heavy atom.